The minimum atomic E-state index is -0.357. The number of rotatable bonds is 4. The number of hydrogen-bond acceptors (Lipinski definition) is 5. The van der Waals surface area contributed by atoms with Crippen LogP contribution in [0.25, 0.3) is 11.0 Å². The molecular formula is C16H19N5O2. The van der Waals surface area contributed by atoms with Gasteiger partial charge in [-0.1, -0.05) is 0 Å². The van der Waals surface area contributed by atoms with Crippen molar-refractivity contribution in [3.8, 4) is 0 Å². The summed E-state index contributed by atoms with van der Waals surface area (Å²) in [6.45, 7) is 4.52. The second-order valence-electron chi connectivity index (χ2n) is 5.44. The average Bonchev–Trinajstić information content (AvgIpc) is 3.04. The van der Waals surface area contributed by atoms with E-state index < -0.39 is 0 Å². The number of nitrogens with zero attached hydrogens (tertiary/aromatic N) is 3. The van der Waals surface area contributed by atoms with Gasteiger partial charge in [0.2, 0.25) is 5.95 Å². The van der Waals surface area contributed by atoms with Crippen LogP contribution >= 0.6 is 0 Å². The molecule has 0 amide bonds. The van der Waals surface area contributed by atoms with Gasteiger partial charge in [0.15, 0.2) is 0 Å². The lowest BCUT2D eigenvalue weighted by atomic mass is 10.2. The molecule has 0 fully saturated rings. The maximum absolute atomic E-state index is 11.6. The topological polar surface area (TPSA) is 84.8 Å². The number of imidazole rings is 2. The zero-order valence-electron chi connectivity index (χ0n) is 13.6. The standard InChI is InChI=1S/C16H19N5O2/c1-9-10(2)19-14(18-9)8-17-16-20-12-6-5-11(15(22)23-4)7-13(12)21(16)3/h5-7H,8H2,1-4H3,(H,17,20)(H,18,19). The van der Waals surface area contributed by atoms with E-state index in [9.17, 15) is 4.79 Å². The predicted molar refractivity (Wildman–Crippen MR) is 87.4 cm³/mol. The van der Waals surface area contributed by atoms with E-state index >= 15 is 0 Å². The van der Waals surface area contributed by atoms with Gasteiger partial charge < -0.3 is 19.6 Å². The molecule has 3 rings (SSSR count). The molecule has 23 heavy (non-hydrogen) atoms. The van der Waals surface area contributed by atoms with E-state index in [2.05, 4.69) is 20.3 Å². The Morgan fingerprint density at radius 3 is 2.78 bits per heavy atom. The van der Waals surface area contributed by atoms with Gasteiger partial charge in [-0.3, -0.25) is 0 Å². The van der Waals surface area contributed by atoms with E-state index in [0.29, 0.717) is 18.1 Å². The van der Waals surface area contributed by atoms with Crippen molar-refractivity contribution in [2.24, 2.45) is 7.05 Å². The number of carbonyl (C=O) groups excluding carboxylic acids is 1. The lowest BCUT2D eigenvalue weighted by Crippen LogP contribution is -2.06. The Hall–Kier alpha value is -2.83. The molecule has 0 aliphatic rings. The SMILES string of the molecule is COC(=O)c1ccc2nc(NCc3nc(C)c(C)[nH]3)n(C)c2c1. The number of H-pyrrole nitrogens is 1. The molecule has 0 unspecified atom stereocenters. The number of carbonyl (C=O) groups is 1. The highest BCUT2D eigenvalue weighted by Gasteiger charge is 2.12. The molecule has 1 aromatic carbocycles. The first-order valence-electron chi connectivity index (χ1n) is 7.30. The van der Waals surface area contributed by atoms with Gasteiger partial charge in [-0.15, -0.1) is 0 Å². The van der Waals surface area contributed by atoms with Crippen molar-refractivity contribution >= 4 is 23.0 Å². The van der Waals surface area contributed by atoms with Crippen molar-refractivity contribution < 1.29 is 9.53 Å². The van der Waals surface area contributed by atoms with E-state index in [0.717, 1.165) is 28.2 Å². The quantitative estimate of drug-likeness (QED) is 0.722. The minimum absolute atomic E-state index is 0.357. The summed E-state index contributed by atoms with van der Waals surface area (Å²) >= 11 is 0. The van der Waals surface area contributed by atoms with Crippen LogP contribution in [0.5, 0.6) is 0 Å². The van der Waals surface area contributed by atoms with Crippen LogP contribution in [0, 0.1) is 13.8 Å². The smallest absolute Gasteiger partial charge is 0.337 e. The summed E-state index contributed by atoms with van der Waals surface area (Å²) in [6.07, 6.45) is 0. The third kappa shape index (κ3) is 2.77. The van der Waals surface area contributed by atoms with E-state index in [1.807, 2.05) is 31.5 Å². The molecule has 0 spiro atoms. The van der Waals surface area contributed by atoms with Gasteiger partial charge in [-0.2, -0.15) is 0 Å². The molecule has 0 saturated heterocycles. The van der Waals surface area contributed by atoms with Gasteiger partial charge >= 0.3 is 5.97 Å². The molecule has 0 bridgehead atoms. The first-order chi connectivity index (χ1) is 11.0. The van der Waals surface area contributed by atoms with Crippen molar-refractivity contribution in [1.29, 1.82) is 0 Å². The second kappa shape index (κ2) is 5.75. The summed E-state index contributed by atoms with van der Waals surface area (Å²) in [5.41, 5.74) is 4.24. The van der Waals surface area contributed by atoms with Gasteiger partial charge in [0.1, 0.15) is 5.82 Å². The molecule has 0 atom stereocenters. The number of benzene rings is 1. The van der Waals surface area contributed by atoms with Crippen LogP contribution in [0.4, 0.5) is 5.95 Å². The van der Waals surface area contributed by atoms with Crippen LogP contribution in [0.3, 0.4) is 0 Å². The fourth-order valence-electron chi connectivity index (χ4n) is 2.46. The molecule has 120 valence electrons. The number of anilines is 1. The third-order valence-corrected chi connectivity index (χ3v) is 3.89. The molecule has 2 N–H and O–H groups in total. The zero-order chi connectivity index (χ0) is 16.6. The molecule has 0 aliphatic carbocycles. The van der Waals surface area contributed by atoms with Crippen LogP contribution in [-0.2, 0) is 18.3 Å². The molecule has 0 radical (unpaired) electrons. The Balaban J connectivity index is 1.86. The maximum atomic E-state index is 11.6. The Morgan fingerprint density at radius 2 is 2.13 bits per heavy atom. The number of esters is 1. The van der Waals surface area contributed by atoms with Gasteiger partial charge in [0.05, 0.1) is 35.9 Å². The lowest BCUT2D eigenvalue weighted by molar-refractivity contribution is 0.0601. The summed E-state index contributed by atoms with van der Waals surface area (Å²) in [6, 6.07) is 5.30. The highest BCUT2D eigenvalue weighted by Crippen LogP contribution is 2.20. The number of fused-ring (bicyclic) bond motifs is 1. The Labute approximate surface area is 133 Å². The third-order valence-electron chi connectivity index (χ3n) is 3.89. The molecule has 3 aromatic rings. The number of methoxy groups -OCH3 is 1. The molecule has 2 aromatic heterocycles. The highest BCUT2D eigenvalue weighted by molar-refractivity contribution is 5.94. The summed E-state index contributed by atoms with van der Waals surface area (Å²) in [5, 5.41) is 3.26. The Bertz CT molecular complexity index is 859. The monoisotopic (exact) mass is 313 g/mol. The molecule has 7 nitrogen and oxygen atoms in total. The predicted octanol–water partition coefficient (Wildman–Crippen LogP) is 2.31. The van der Waals surface area contributed by atoms with Crippen LogP contribution in [0.2, 0.25) is 0 Å². The molecule has 2 heterocycles. The minimum Gasteiger partial charge on any atom is -0.465 e. The summed E-state index contributed by atoms with van der Waals surface area (Å²) < 4.78 is 6.66. The van der Waals surface area contributed by atoms with Gasteiger partial charge in [0.25, 0.3) is 0 Å². The number of aromatic nitrogens is 4. The normalized spacial score (nSPS) is 11.0. The van der Waals surface area contributed by atoms with Crippen molar-refractivity contribution in [3.63, 3.8) is 0 Å². The molecule has 0 aliphatic heterocycles. The summed E-state index contributed by atoms with van der Waals surface area (Å²) in [5.74, 6) is 1.22. The molecule has 0 saturated carbocycles. The number of ether oxygens (including phenoxy) is 1. The first-order valence-corrected chi connectivity index (χ1v) is 7.30. The zero-order valence-corrected chi connectivity index (χ0v) is 13.6. The van der Waals surface area contributed by atoms with E-state index in [4.69, 9.17) is 4.74 Å². The van der Waals surface area contributed by atoms with Crippen molar-refractivity contribution in [3.05, 3.63) is 41.0 Å². The van der Waals surface area contributed by atoms with Crippen LogP contribution < -0.4 is 5.32 Å². The van der Waals surface area contributed by atoms with Crippen molar-refractivity contribution in [2.45, 2.75) is 20.4 Å². The fraction of sp³-hybridized carbons (Fsp3) is 0.312. The van der Waals surface area contributed by atoms with E-state index in [1.54, 1.807) is 12.1 Å². The summed E-state index contributed by atoms with van der Waals surface area (Å²) in [4.78, 5) is 23.8. The second-order valence-corrected chi connectivity index (χ2v) is 5.44. The van der Waals surface area contributed by atoms with E-state index in [-0.39, 0.29) is 5.97 Å². The first kappa shape index (κ1) is 15.1. The van der Waals surface area contributed by atoms with E-state index in [1.165, 1.54) is 7.11 Å². The molecule has 7 heteroatoms. The number of aromatic amines is 1. The van der Waals surface area contributed by atoms with Crippen molar-refractivity contribution in [1.82, 2.24) is 19.5 Å². The van der Waals surface area contributed by atoms with Crippen LogP contribution in [0.15, 0.2) is 18.2 Å². The number of hydrogen-bond donors (Lipinski definition) is 2. The Kier molecular flexibility index (Phi) is 3.77. The van der Waals surface area contributed by atoms with Gasteiger partial charge in [-0.05, 0) is 32.0 Å². The van der Waals surface area contributed by atoms with Gasteiger partial charge in [0, 0.05) is 12.7 Å². The van der Waals surface area contributed by atoms with Gasteiger partial charge in [-0.25, -0.2) is 14.8 Å². The lowest BCUT2D eigenvalue weighted by Gasteiger charge is -2.04. The van der Waals surface area contributed by atoms with Crippen LogP contribution in [0.1, 0.15) is 27.6 Å². The fourth-order valence-corrected chi connectivity index (χ4v) is 2.46. The average molecular weight is 313 g/mol. The van der Waals surface area contributed by atoms with Crippen molar-refractivity contribution in [2.75, 3.05) is 12.4 Å². The van der Waals surface area contributed by atoms with Crippen LogP contribution in [-0.4, -0.2) is 32.6 Å². The Morgan fingerprint density at radius 1 is 1.35 bits per heavy atom. The highest BCUT2D eigenvalue weighted by atomic mass is 16.5. The largest absolute Gasteiger partial charge is 0.465 e. The maximum Gasteiger partial charge on any atom is 0.337 e. The molecular weight excluding hydrogens is 294 g/mol. The summed E-state index contributed by atoms with van der Waals surface area (Å²) in [7, 11) is 3.27. The number of nitrogens with one attached hydrogen (secondary N) is 2. The number of aryl methyl sites for hydroxylation is 3.